The number of carbonyl (C=O) groups is 1. The largest absolute Gasteiger partial charge is 0.375 e. The van der Waals surface area contributed by atoms with Crippen LogP contribution in [0.4, 0.5) is 0 Å². The molecule has 0 radical (unpaired) electrons. The van der Waals surface area contributed by atoms with Crippen LogP contribution in [-0.4, -0.2) is 41.8 Å². The van der Waals surface area contributed by atoms with Gasteiger partial charge < -0.3 is 14.2 Å². The number of benzene rings is 1. The van der Waals surface area contributed by atoms with Crippen LogP contribution in [0.5, 0.6) is 0 Å². The molecule has 110 valence electrons. The summed E-state index contributed by atoms with van der Waals surface area (Å²) < 4.78 is 10.5. The van der Waals surface area contributed by atoms with E-state index in [0.717, 1.165) is 12.8 Å². The van der Waals surface area contributed by atoms with Crippen LogP contribution < -0.4 is 0 Å². The highest BCUT2D eigenvalue weighted by Gasteiger charge is 2.26. The van der Waals surface area contributed by atoms with Gasteiger partial charge in [-0.15, -0.1) is 0 Å². The lowest BCUT2D eigenvalue weighted by Gasteiger charge is -2.32. The SMILES string of the molecule is O=C(c1ccon1)N1CCOC(CCc2ccccc2)C1. The molecule has 3 rings (SSSR count). The predicted octanol–water partition coefficient (Wildman–Crippen LogP) is 2.15. The molecule has 1 aromatic heterocycles. The van der Waals surface area contributed by atoms with Gasteiger partial charge in [-0.2, -0.15) is 0 Å². The first kappa shape index (κ1) is 13.8. The highest BCUT2D eigenvalue weighted by atomic mass is 16.5. The summed E-state index contributed by atoms with van der Waals surface area (Å²) >= 11 is 0. The van der Waals surface area contributed by atoms with Gasteiger partial charge in [-0.1, -0.05) is 35.5 Å². The van der Waals surface area contributed by atoms with Crippen LogP contribution in [0.1, 0.15) is 22.5 Å². The van der Waals surface area contributed by atoms with Crippen LogP contribution in [-0.2, 0) is 11.2 Å². The van der Waals surface area contributed by atoms with Crippen molar-refractivity contribution in [1.29, 1.82) is 0 Å². The molecule has 0 N–H and O–H groups in total. The van der Waals surface area contributed by atoms with Gasteiger partial charge in [0.2, 0.25) is 0 Å². The van der Waals surface area contributed by atoms with Crippen molar-refractivity contribution >= 4 is 5.91 Å². The number of nitrogens with zero attached hydrogens (tertiary/aromatic N) is 2. The van der Waals surface area contributed by atoms with Crippen LogP contribution in [0.15, 0.2) is 47.2 Å². The Kier molecular flexibility index (Phi) is 4.31. The fourth-order valence-electron chi connectivity index (χ4n) is 2.54. The normalized spacial score (nSPS) is 18.7. The maximum Gasteiger partial charge on any atom is 0.276 e. The van der Waals surface area contributed by atoms with Gasteiger partial charge in [0.25, 0.3) is 5.91 Å². The second kappa shape index (κ2) is 6.54. The third kappa shape index (κ3) is 3.49. The Balaban J connectivity index is 1.55. The van der Waals surface area contributed by atoms with E-state index in [0.29, 0.717) is 25.4 Å². The number of aromatic nitrogens is 1. The number of rotatable bonds is 4. The molecule has 1 aliphatic heterocycles. The molecule has 1 aromatic carbocycles. The van der Waals surface area contributed by atoms with Crippen molar-refractivity contribution in [1.82, 2.24) is 10.1 Å². The zero-order valence-corrected chi connectivity index (χ0v) is 11.8. The van der Waals surface area contributed by atoms with Crippen LogP contribution in [0, 0.1) is 0 Å². The Bertz CT molecular complexity index is 568. The van der Waals surface area contributed by atoms with Gasteiger partial charge in [-0.25, -0.2) is 0 Å². The van der Waals surface area contributed by atoms with Gasteiger partial charge in [0, 0.05) is 19.2 Å². The molecule has 0 aliphatic carbocycles. The quantitative estimate of drug-likeness (QED) is 0.864. The van der Waals surface area contributed by atoms with E-state index in [4.69, 9.17) is 9.26 Å². The van der Waals surface area contributed by atoms with E-state index in [-0.39, 0.29) is 12.0 Å². The van der Waals surface area contributed by atoms with Crippen molar-refractivity contribution in [3.63, 3.8) is 0 Å². The smallest absolute Gasteiger partial charge is 0.276 e. The lowest BCUT2D eigenvalue weighted by Crippen LogP contribution is -2.45. The molecule has 1 amide bonds. The Labute approximate surface area is 123 Å². The number of ether oxygens (including phenoxy) is 1. The fraction of sp³-hybridized carbons (Fsp3) is 0.375. The number of aryl methyl sites for hydroxylation is 1. The molecule has 1 atom stereocenters. The topological polar surface area (TPSA) is 55.6 Å². The number of hydrogen-bond acceptors (Lipinski definition) is 4. The molecule has 21 heavy (non-hydrogen) atoms. The molecule has 1 aliphatic rings. The molecule has 5 nitrogen and oxygen atoms in total. The third-order valence-corrected chi connectivity index (χ3v) is 3.68. The van der Waals surface area contributed by atoms with E-state index in [1.807, 2.05) is 18.2 Å². The maximum absolute atomic E-state index is 12.2. The number of hydrogen-bond donors (Lipinski definition) is 0. The van der Waals surface area contributed by atoms with Crippen LogP contribution in [0.3, 0.4) is 0 Å². The zero-order valence-electron chi connectivity index (χ0n) is 11.8. The molecule has 1 saturated heterocycles. The molecule has 1 fully saturated rings. The van der Waals surface area contributed by atoms with Gasteiger partial charge in [-0.3, -0.25) is 4.79 Å². The van der Waals surface area contributed by atoms with Gasteiger partial charge in [0.1, 0.15) is 6.26 Å². The molecule has 1 unspecified atom stereocenters. The van der Waals surface area contributed by atoms with Crippen LogP contribution >= 0.6 is 0 Å². The van der Waals surface area contributed by atoms with E-state index in [1.54, 1.807) is 11.0 Å². The van der Waals surface area contributed by atoms with E-state index in [1.165, 1.54) is 11.8 Å². The Hall–Kier alpha value is -2.14. The van der Waals surface area contributed by atoms with E-state index < -0.39 is 0 Å². The van der Waals surface area contributed by atoms with Gasteiger partial charge in [0.05, 0.1) is 12.7 Å². The van der Waals surface area contributed by atoms with Gasteiger partial charge in [-0.05, 0) is 18.4 Å². The second-order valence-corrected chi connectivity index (χ2v) is 5.15. The lowest BCUT2D eigenvalue weighted by atomic mass is 10.1. The highest BCUT2D eigenvalue weighted by molar-refractivity contribution is 5.92. The van der Waals surface area contributed by atoms with Crippen molar-refractivity contribution in [3.05, 3.63) is 53.9 Å². The third-order valence-electron chi connectivity index (χ3n) is 3.68. The Morgan fingerprint density at radius 3 is 2.90 bits per heavy atom. The first-order valence-electron chi connectivity index (χ1n) is 7.18. The monoisotopic (exact) mass is 286 g/mol. The zero-order chi connectivity index (χ0) is 14.5. The summed E-state index contributed by atoms with van der Waals surface area (Å²) in [5, 5.41) is 3.70. The van der Waals surface area contributed by atoms with Crippen LogP contribution in [0.2, 0.25) is 0 Å². The first-order valence-corrected chi connectivity index (χ1v) is 7.18. The summed E-state index contributed by atoms with van der Waals surface area (Å²) in [6.45, 7) is 1.79. The number of carbonyl (C=O) groups excluding carboxylic acids is 1. The summed E-state index contributed by atoms with van der Waals surface area (Å²) in [7, 11) is 0. The molecule has 5 heteroatoms. The number of amides is 1. The highest BCUT2D eigenvalue weighted by Crippen LogP contribution is 2.14. The molecule has 2 heterocycles. The first-order chi connectivity index (χ1) is 10.3. The minimum Gasteiger partial charge on any atom is -0.375 e. The summed E-state index contributed by atoms with van der Waals surface area (Å²) in [5.74, 6) is -0.0863. The Morgan fingerprint density at radius 2 is 2.14 bits per heavy atom. The van der Waals surface area contributed by atoms with Crippen molar-refractivity contribution in [3.8, 4) is 0 Å². The fourth-order valence-corrected chi connectivity index (χ4v) is 2.54. The van der Waals surface area contributed by atoms with Crippen LogP contribution in [0.25, 0.3) is 0 Å². The summed E-state index contributed by atoms with van der Waals surface area (Å²) in [5.41, 5.74) is 1.65. The van der Waals surface area contributed by atoms with E-state index in [9.17, 15) is 4.79 Å². The average Bonchev–Trinajstić information content (AvgIpc) is 3.08. The van der Waals surface area contributed by atoms with Crippen molar-refractivity contribution < 1.29 is 14.1 Å². The van der Waals surface area contributed by atoms with Crippen molar-refractivity contribution in [2.75, 3.05) is 19.7 Å². The minimum absolute atomic E-state index is 0.0785. The van der Waals surface area contributed by atoms with Gasteiger partial charge in [0.15, 0.2) is 5.69 Å². The molecular formula is C16H18N2O3. The molecule has 0 bridgehead atoms. The summed E-state index contributed by atoms with van der Waals surface area (Å²) in [6, 6.07) is 11.9. The minimum atomic E-state index is -0.0863. The van der Waals surface area contributed by atoms with Crippen molar-refractivity contribution in [2.45, 2.75) is 18.9 Å². The standard InChI is InChI=1S/C16H18N2O3/c19-16(15-8-10-21-17-15)18-9-11-20-14(12-18)7-6-13-4-2-1-3-5-13/h1-5,8,10,14H,6-7,9,11-12H2. The molecule has 0 spiro atoms. The maximum atomic E-state index is 12.2. The average molecular weight is 286 g/mol. The van der Waals surface area contributed by atoms with E-state index in [2.05, 4.69) is 17.3 Å². The van der Waals surface area contributed by atoms with E-state index >= 15 is 0 Å². The molecule has 2 aromatic rings. The van der Waals surface area contributed by atoms with Crippen molar-refractivity contribution in [2.24, 2.45) is 0 Å². The Morgan fingerprint density at radius 1 is 1.29 bits per heavy atom. The predicted molar refractivity (Wildman–Crippen MR) is 76.9 cm³/mol. The second-order valence-electron chi connectivity index (χ2n) is 5.15. The number of morpholine rings is 1. The summed E-state index contributed by atoms with van der Waals surface area (Å²) in [4.78, 5) is 14.0. The lowest BCUT2D eigenvalue weighted by molar-refractivity contribution is -0.0248. The summed E-state index contributed by atoms with van der Waals surface area (Å²) in [6.07, 6.45) is 3.36. The molecule has 0 saturated carbocycles. The molecular weight excluding hydrogens is 268 g/mol. The van der Waals surface area contributed by atoms with Gasteiger partial charge >= 0.3 is 0 Å².